The average molecular weight is 296 g/mol. The number of fused-ring (bicyclic) bond motifs is 1. The van der Waals surface area contributed by atoms with Crippen molar-refractivity contribution >= 4 is 5.91 Å². The molecule has 2 aromatic rings. The van der Waals surface area contributed by atoms with E-state index in [1.165, 1.54) is 0 Å². The molecule has 0 bridgehead atoms. The summed E-state index contributed by atoms with van der Waals surface area (Å²) in [5.74, 6) is 0.956. The first kappa shape index (κ1) is 14.6. The Labute approximate surface area is 130 Å². The minimum atomic E-state index is 0.000654. The van der Waals surface area contributed by atoms with Crippen LogP contribution in [0.3, 0.4) is 0 Å². The zero-order chi connectivity index (χ0) is 15.7. The quantitative estimate of drug-likeness (QED) is 0.870. The van der Waals surface area contributed by atoms with Crippen LogP contribution < -0.4 is 4.74 Å². The summed E-state index contributed by atoms with van der Waals surface area (Å²) in [5, 5.41) is 0. The van der Waals surface area contributed by atoms with Crippen molar-refractivity contribution < 1.29 is 9.53 Å². The van der Waals surface area contributed by atoms with Crippen LogP contribution in [0.2, 0.25) is 0 Å². The number of nitrogens with zero attached hydrogens (tertiary/aromatic N) is 2. The predicted octanol–water partition coefficient (Wildman–Crippen LogP) is 3.12. The lowest BCUT2D eigenvalue weighted by Gasteiger charge is -2.25. The first-order chi connectivity index (χ1) is 10.6. The molecule has 0 saturated heterocycles. The molecule has 4 nitrogen and oxygen atoms in total. The maximum Gasteiger partial charge on any atom is 0.256 e. The van der Waals surface area contributed by atoms with Gasteiger partial charge in [-0.3, -0.25) is 9.78 Å². The Kier molecular flexibility index (Phi) is 3.84. The van der Waals surface area contributed by atoms with E-state index in [-0.39, 0.29) is 11.9 Å². The van der Waals surface area contributed by atoms with Crippen molar-refractivity contribution in [1.29, 1.82) is 0 Å². The smallest absolute Gasteiger partial charge is 0.256 e. The van der Waals surface area contributed by atoms with Gasteiger partial charge in [-0.25, -0.2) is 0 Å². The summed E-state index contributed by atoms with van der Waals surface area (Å²) >= 11 is 0. The van der Waals surface area contributed by atoms with Gasteiger partial charge in [-0.2, -0.15) is 0 Å². The lowest BCUT2D eigenvalue weighted by molar-refractivity contribution is 0.0659. The Morgan fingerprint density at radius 1 is 1.23 bits per heavy atom. The van der Waals surface area contributed by atoms with Crippen LogP contribution in [0.1, 0.15) is 34.1 Å². The third-order valence-electron chi connectivity index (χ3n) is 4.11. The molecule has 1 aromatic carbocycles. The number of benzene rings is 1. The van der Waals surface area contributed by atoms with Gasteiger partial charge in [0, 0.05) is 6.20 Å². The number of rotatable bonds is 4. The number of pyridine rings is 1. The van der Waals surface area contributed by atoms with Crippen molar-refractivity contribution in [3.05, 3.63) is 58.9 Å². The van der Waals surface area contributed by atoms with Crippen molar-refractivity contribution in [1.82, 2.24) is 9.88 Å². The van der Waals surface area contributed by atoms with Gasteiger partial charge in [0.05, 0.1) is 23.8 Å². The lowest BCUT2D eigenvalue weighted by Crippen LogP contribution is -2.37. The van der Waals surface area contributed by atoms with Gasteiger partial charge in [-0.05, 0) is 44.0 Å². The molecule has 4 heteroatoms. The fraction of sp³-hybridized carbons (Fsp3) is 0.333. The number of aromatic nitrogens is 1. The second kappa shape index (κ2) is 5.79. The molecule has 3 rings (SSSR count). The molecular formula is C18H20N2O2. The molecule has 2 heterocycles. The molecular weight excluding hydrogens is 276 g/mol. The topological polar surface area (TPSA) is 42.4 Å². The largest absolute Gasteiger partial charge is 0.491 e. The fourth-order valence-corrected chi connectivity index (χ4v) is 2.82. The number of para-hydroxylation sites is 1. The standard InChI is InChI=1S/C18H20N2O2/c1-12-6-4-7-13(2)17(12)22-11-14(3)20-10-16-15(18(20)21)8-5-9-19-16/h4-9,14H,10-11H2,1-3H3/t14-/m1/s1. The summed E-state index contributed by atoms with van der Waals surface area (Å²) in [6, 6.07) is 9.73. The van der Waals surface area contributed by atoms with E-state index in [9.17, 15) is 4.79 Å². The van der Waals surface area contributed by atoms with Crippen LogP contribution in [0.15, 0.2) is 36.5 Å². The molecule has 0 aliphatic carbocycles. The van der Waals surface area contributed by atoms with E-state index in [0.717, 1.165) is 22.6 Å². The highest BCUT2D eigenvalue weighted by Gasteiger charge is 2.31. The van der Waals surface area contributed by atoms with E-state index in [0.29, 0.717) is 18.7 Å². The van der Waals surface area contributed by atoms with Crippen LogP contribution in [0.25, 0.3) is 0 Å². The molecule has 1 aromatic heterocycles. The molecule has 0 saturated carbocycles. The molecule has 1 aliphatic rings. The Morgan fingerprint density at radius 3 is 2.64 bits per heavy atom. The van der Waals surface area contributed by atoms with Gasteiger partial charge >= 0.3 is 0 Å². The van der Waals surface area contributed by atoms with E-state index < -0.39 is 0 Å². The molecule has 1 aliphatic heterocycles. The van der Waals surface area contributed by atoms with Gasteiger partial charge in [-0.1, -0.05) is 18.2 Å². The summed E-state index contributed by atoms with van der Waals surface area (Å²) in [6.07, 6.45) is 1.73. The van der Waals surface area contributed by atoms with Crippen molar-refractivity contribution in [2.45, 2.75) is 33.4 Å². The highest BCUT2D eigenvalue weighted by atomic mass is 16.5. The first-order valence-corrected chi connectivity index (χ1v) is 7.52. The number of carbonyl (C=O) groups excluding carboxylic acids is 1. The summed E-state index contributed by atoms with van der Waals surface area (Å²) in [4.78, 5) is 18.5. The van der Waals surface area contributed by atoms with E-state index in [4.69, 9.17) is 4.74 Å². The van der Waals surface area contributed by atoms with Crippen LogP contribution in [-0.4, -0.2) is 28.4 Å². The number of aryl methyl sites for hydroxylation is 2. The zero-order valence-electron chi connectivity index (χ0n) is 13.2. The normalized spacial score (nSPS) is 14.9. The molecule has 0 N–H and O–H groups in total. The van der Waals surface area contributed by atoms with Gasteiger partial charge in [0.2, 0.25) is 0 Å². The zero-order valence-corrected chi connectivity index (χ0v) is 13.2. The molecule has 1 amide bonds. The summed E-state index contributed by atoms with van der Waals surface area (Å²) < 4.78 is 5.97. The number of ether oxygens (including phenoxy) is 1. The van der Waals surface area contributed by atoms with Crippen LogP contribution >= 0.6 is 0 Å². The Bertz CT molecular complexity index is 692. The minimum absolute atomic E-state index is 0.000654. The number of hydrogen-bond acceptors (Lipinski definition) is 3. The number of carbonyl (C=O) groups is 1. The number of hydrogen-bond donors (Lipinski definition) is 0. The van der Waals surface area contributed by atoms with Crippen molar-refractivity contribution in [2.24, 2.45) is 0 Å². The average Bonchev–Trinajstić information content (AvgIpc) is 2.84. The van der Waals surface area contributed by atoms with E-state index in [2.05, 4.69) is 4.98 Å². The molecule has 0 fully saturated rings. The maximum atomic E-state index is 12.4. The molecule has 22 heavy (non-hydrogen) atoms. The highest BCUT2D eigenvalue weighted by Crippen LogP contribution is 2.25. The molecule has 114 valence electrons. The van der Waals surface area contributed by atoms with Gasteiger partial charge in [0.25, 0.3) is 5.91 Å². The van der Waals surface area contributed by atoms with Crippen molar-refractivity contribution in [3.63, 3.8) is 0 Å². The second-order valence-electron chi connectivity index (χ2n) is 5.81. The fourth-order valence-electron chi connectivity index (χ4n) is 2.82. The molecule has 0 unspecified atom stereocenters. The summed E-state index contributed by atoms with van der Waals surface area (Å²) in [7, 11) is 0. The Morgan fingerprint density at radius 2 is 1.95 bits per heavy atom. The third kappa shape index (κ3) is 2.56. The molecule has 1 atom stereocenters. The Balaban J connectivity index is 1.69. The highest BCUT2D eigenvalue weighted by molar-refractivity contribution is 5.97. The van der Waals surface area contributed by atoms with E-state index >= 15 is 0 Å². The van der Waals surface area contributed by atoms with Crippen LogP contribution in [-0.2, 0) is 6.54 Å². The SMILES string of the molecule is Cc1cccc(C)c1OC[C@@H](C)N1Cc2ncccc2C1=O. The summed E-state index contributed by atoms with van der Waals surface area (Å²) in [6.45, 7) is 7.12. The van der Waals surface area contributed by atoms with Crippen LogP contribution in [0.5, 0.6) is 5.75 Å². The maximum absolute atomic E-state index is 12.4. The van der Waals surface area contributed by atoms with Gasteiger partial charge < -0.3 is 9.64 Å². The van der Waals surface area contributed by atoms with E-state index in [1.54, 1.807) is 12.3 Å². The molecule has 0 radical (unpaired) electrons. The van der Waals surface area contributed by atoms with Gasteiger partial charge in [0.15, 0.2) is 0 Å². The summed E-state index contributed by atoms with van der Waals surface area (Å²) in [5.41, 5.74) is 3.79. The van der Waals surface area contributed by atoms with Crippen molar-refractivity contribution in [3.8, 4) is 5.75 Å². The van der Waals surface area contributed by atoms with Crippen LogP contribution in [0, 0.1) is 13.8 Å². The van der Waals surface area contributed by atoms with E-state index in [1.807, 2.05) is 49.9 Å². The monoisotopic (exact) mass is 296 g/mol. The van der Waals surface area contributed by atoms with Crippen LogP contribution in [0.4, 0.5) is 0 Å². The lowest BCUT2D eigenvalue weighted by atomic mass is 10.1. The minimum Gasteiger partial charge on any atom is -0.491 e. The van der Waals surface area contributed by atoms with Crippen molar-refractivity contribution in [2.75, 3.05) is 6.61 Å². The first-order valence-electron chi connectivity index (χ1n) is 7.52. The molecule has 0 spiro atoms. The number of amides is 1. The Hall–Kier alpha value is -2.36. The van der Waals surface area contributed by atoms with Gasteiger partial charge in [-0.15, -0.1) is 0 Å². The second-order valence-corrected chi connectivity index (χ2v) is 5.81. The predicted molar refractivity (Wildman–Crippen MR) is 85.0 cm³/mol. The van der Waals surface area contributed by atoms with Gasteiger partial charge in [0.1, 0.15) is 12.4 Å². The third-order valence-corrected chi connectivity index (χ3v) is 4.11.